The molecule has 0 bridgehead atoms. The fourth-order valence-corrected chi connectivity index (χ4v) is 1.58. The van der Waals surface area contributed by atoms with Gasteiger partial charge < -0.3 is 0 Å². The molecule has 0 spiro atoms. The van der Waals surface area contributed by atoms with Crippen molar-refractivity contribution >= 4 is 27.5 Å². The van der Waals surface area contributed by atoms with Crippen LogP contribution in [0.1, 0.15) is 11.3 Å². The molecule has 0 saturated carbocycles. The standard InChI is InChI=1S/C8H6BrClF3N/c9-4-3-5-1-2-6(8(11,12)13)14-7(5)10/h1-2H,3-4H2. The van der Waals surface area contributed by atoms with Crippen LogP contribution in [-0.4, -0.2) is 10.3 Å². The number of alkyl halides is 4. The lowest BCUT2D eigenvalue weighted by molar-refractivity contribution is -0.141. The largest absolute Gasteiger partial charge is 0.433 e. The van der Waals surface area contributed by atoms with Gasteiger partial charge in [-0.2, -0.15) is 13.2 Å². The Balaban J connectivity index is 3.01. The van der Waals surface area contributed by atoms with Crippen LogP contribution in [0.3, 0.4) is 0 Å². The quantitative estimate of drug-likeness (QED) is 0.597. The number of aromatic nitrogens is 1. The Morgan fingerprint density at radius 1 is 1.36 bits per heavy atom. The molecular formula is C8H6BrClF3N. The molecule has 0 amide bonds. The molecule has 0 aliphatic carbocycles. The van der Waals surface area contributed by atoms with Crippen LogP contribution in [0.5, 0.6) is 0 Å². The van der Waals surface area contributed by atoms with Gasteiger partial charge in [0, 0.05) is 5.33 Å². The summed E-state index contributed by atoms with van der Waals surface area (Å²) in [4.78, 5) is 3.28. The molecule has 6 heteroatoms. The molecule has 1 heterocycles. The molecule has 1 aromatic rings. The summed E-state index contributed by atoms with van der Waals surface area (Å²) in [5.74, 6) is 0. The lowest BCUT2D eigenvalue weighted by atomic mass is 10.2. The molecular weight excluding hydrogens is 282 g/mol. The highest BCUT2D eigenvalue weighted by molar-refractivity contribution is 9.09. The van der Waals surface area contributed by atoms with E-state index in [0.717, 1.165) is 6.07 Å². The van der Waals surface area contributed by atoms with Gasteiger partial charge in [0.1, 0.15) is 10.8 Å². The number of halogens is 5. The maximum Gasteiger partial charge on any atom is 0.433 e. The normalized spacial score (nSPS) is 11.8. The van der Waals surface area contributed by atoms with Gasteiger partial charge in [0.15, 0.2) is 0 Å². The monoisotopic (exact) mass is 287 g/mol. The second-order valence-corrected chi connectivity index (χ2v) is 3.73. The van der Waals surface area contributed by atoms with Crippen molar-refractivity contribution in [2.24, 2.45) is 0 Å². The van der Waals surface area contributed by atoms with Gasteiger partial charge in [0.2, 0.25) is 0 Å². The summed E-state index contributed by atoms with van der Waals surface area (Å²) in [6, 6.07) is 2.28. The maximum atomic E-state index is 12.2. The average molecular weight is 288 g/mol. The van der Waals surface area contributed by atoms with E-state index in [1.165, 1.54) is 6.07 Å². The molecule has 0 aliphatic rings. The summed E-state index contributed by atoms with van der Waals surface area (Å²) in [7, 11) is 0. The van der Waals surface area contributed by atoms with Crippen molar-refractivity contribution in [1.29, 1.82) is 0 Å². The molecule has 0 unspecified atom stereocenters. The third-order valence-electron chi connectivity index (χ3n) is 1.58. The lowest BCUT2D eigenvalue weighted by Crippen LogP contribution is -2.08. The SMILES string of the molecule is FC(F)(F)c1ccc(CCBr)c(Cl)n1. The smallest absolute Gasteiger partial charge is 0.231 e. The Morgan fingerprint density at radius 3 is 2.43 bits per heavy atom. The van der Waals surface area contributed by atoms with Gasteiger partial charge >= 0.3 is 6.18 Å². The highest BCUT2D eigenvalue weighted by Gasteiger charge is 2.32. The van der Waals surface area contributed by atoms with E-state index in [9.17, 15) is 13.2 Å². The van der Waals surface area contributed by atoms with Crippen LogP contribution < -0.4 is 0 Å². The Hall–Kier alpha value is -0.290. The van der Waals surface area contributed by atoms with Crippen LogP contribution in [0.2, 0.25) is 5.15 Å². The molecule has 0 fully saturated rings. The van der Waals surface area contributed by atoms with Crippen molar-refractivity contribution in [3.05, 3.63) is 28.5 Å². The maximum absolute atomic E-state index is 12.2. The molecule has 14 heavy (non-hydrogen) atoms. The summed E-state index contributed by atoms with van der Waals surface area (Å²) in [5.41, 5.74) is -0.350. The van der Waals surface area contributed by atoms with Gasteiger partial charge in [-0.25, -0.2) is 4.98 Å². The zero-order valence-corrected chi connectivity index (χ0v) is 9.25. The number of rotatable bonds is 2. The van der Waals surface area contributed by atoms with Gasteiger partial charge in [0.05, 0.1) is 0 Å². The Labute approximate surface area is 92.4 Å². The van der Waals surface area contributed by atoms with Crippen molar-refractivity contribution in [3.8, 4) is 0 Å². The Bertz CT molecular complexity index is 327. The van der Waals surface area contributed by atoms with Crippen molar-refractivity contribution in [1.82, 2.24) is 4.98 Å². The first kappa shape index (κ1) is 11.8. The van der Waals surface area contributed by atoms with Gasteiger partial charge in [-0.15, -0.1) is 0 Å². The zero-order valence-electron chi connectivity index (χ0n) is 6.91. The molecule has 0 aliphatic heterocycles. The van der Waals surface area contributed by atoms with Crippen LogP contribution in [0, 0.1) is 0 Å². The van der Waals surface area contributed by atoms with Crippen LogP contribution in [0.4, 0.5) is 13.2 Å². The van der Waals surface area contributed by atoms with Crippen LogP contribution in [-0.2, 0) is 12.6 Å². The predicted octanol–water partition coefficient (Wildman–Crippen LogP) is 3.69. The van der Waals surface area contributed by atoms with Crippen molar-refractivity contribution in [2.75, 3.05) is 5.33 Å². The minimum atomic E-state index is -4.43. The minimum absolute atomic E-state index is 0.0840. The number of pyridine rings is 1. The highest BCUT2D eigenvalue weighted by Crippen LogP contribution is 2.29. The Kier molecular flexibility index (Phi) is 3.78. The molecule has 0 radical (unpaired) electrons. The molecule has 1 aromatic heterocycles. The number of hydrogen-bond donors (Lipinski definition) is 0. The van der Waals surface area contributed by atoms with Gasteiger partial charge in [-0.1, -0.05) is 33.6 Å². The molecule has 0 saturated heterocycles. The van der Waals surface area contributed by atoms with Crippen molar-refractivity contribution in [2.45, 2.75) is 12.6 Å². The van der Waals surface area contributed by atoms with E-state index in [2.05, 4.69) is 20.9 Å². The summed E-state index contributed by atoms with van der Waals surface area (Å²) < 4.78 is 36.5. The first-order valence-electron chi connectivity index (χ1n) is 3.73. The number of hydrogen-bond acceptors (Lipinski definition) is 1. The number of aryl methyl sites for hydroxylation is 1. The fraction of sp³-hybridized carbons (Fsp3) is 0.375. The molecule has 78 valence electrons. The summed E-state index contributed by atoms with van der Waals surface area (Å²) in [6.45, 7) is 0. The van der Waals surface area contributed by atoms with E-state index in [1.54, 1.807) is 0 Å². The van der Waals surface area contributed by atoms with E-state index in [1.807, 2.05) is 0 Å². The second-order valence-electron chi connectivity index (χ2n) is 2.58. The third kappa shape index (κ3) is 2.85. The topological polar surface area (TPSA) is 12.9 Å². The minimum Gasteiger partial charge on any atom is -0.231 e. The summed E-state index contributed by atoms with van der Waals surface area (Å²) in [6.07, 6.45) is -3.87. The molecule has 0 aromatic carbocycles. The van der Waals surface area contributed by atoms with E-state index in [0.29, 0.717) is 17.3 Å². The van der Waals surface area contributed by atoms with Crippen molar-refractivity contribution in [3.63, 3.8) is 0 Å². The van der Waals surface area contributed by atoms with Gasteiger partial charge in [-0.3, -0.25) is 0 Å². The third-order valence-corrected chi connectivity index (χ3v) is 2.30. The van der Waals surface area contributed by atoms with Crippen LogP contribution in [0.15, 0.2) is 12.1 Å². The first-order chi connectivity index (χ1) is 6.45. The summed E-state index contributed by atoms with van der Waals surface area (Å²) in [5, 5.41) is 0.555. The molecule has 0 atom stereocenters. The van der Waals surface area contributed by atoms with Gasteiger partial charge in [-0.05, 0) is 18.1 Å². The molecule has 1 rings (SSSR count). The van der Waals surface area contributed by atoms with Crippen LogP contribution >= 0.6 is 27.5 Å². The average Bonchev–Trinajstić information content (AvgIpc) is 2.07. The highest BCUT2D eigenvalue weighted by atomic mass is 79.9. The summed E-state index contributed by atoms with van der Waals surface area (Å²) >= 11 is 8.75. The van der Waals surface area contributed by atoms with Crippen LogP contribution in [0.25, 0.3) is 0 Å². The van der Waals surface area contributed by atoms with E-state index < -0.39 is 11.9 Å². The van der Waals surface area contributed by atoms with E-state index >= 15 is 0 Å². The zero-order chi connectivity index (χ0) is 10.8. The van der Waals surface area contributed by atoms with Crippen molar-refractivity contribution < 1.29 is 13.2 Å². The Morgan fingerprint density at radius 2 is 2.00 bits per heavy atom. The molecule has 0 N–H and O–H groups in total. The van der Waals surface area contributed by atoms with E-state index in [4.69, 9.17) is 11.6 Å². The second kappa shape index (κ2) is 4.49. The first-order valence-corrected chi connectivity index (χ1v) is 5.23. The van der Waals surface area contributed by atoms with E-state index in [-0.39, 0.29) is 5.15 Å². The van der Waals surface area contributed by atoms with Gasteiger partial charge in [0.25, 0.3) is 0 Å². The number of nitrogens with zero attached hydrogens (tertiary/aromatic N) is 1. The molecule has 1 nitrogen and oxygen atoms in total. The lowest BCUT2D eigenvalue weighted by Gasteiger charge is -2.07. The fourth-order valence-electron chi connectivity index (χ4n) is 0.909. The predicted molar refractivity (Wildman–Crippen MR) is 51.7 cm³/mol.